The minimum absolute atomic E-state index is 0.169. The van der Waals surface area contributed by atoms with Crippen molar-refractivity contribution in [3.8, 4) is 11.6 Å². The summed E-state index contributed by atoms with van der Waals surface area (Å²) in [7, 11) is 0. The van der Waals surface area contributed by atoms with Gasteiger partial charge in [0.15, 0.2) is 0 Å². The highest BCUT2D eigenvalue weighted by molar-refractivity contribution is 5.23. The summed E-state index contributed by atoms with van der Waals surface area (Å²) in [6, 6.07) is 3.82. The number of nitrogens with one attached hydrogen (secondary N) is 1. The molecule has 1 saturated heterocycles. The Morgan fingerprint density at radius 3 is 2.89 bits per heavy atom. The van der Waals surface area contributed by atoms with Crippen molar-refractivity contribution in [1.29, 1.82) is 0 Å². The fourth-order valence-electron chi connectivity index (χ4n) is 2.39. The minimum Gasteiger partial charge on any atom is -0.489 e. The zero-order valence-electron chi connectivity index (χ0n) is 12.1. The molecule has 1 aliphatic rings. The number of rotatable bonds is 5. The second-order valence-electron chi connectivity index (χ2n) is 5.32. The van der Waals surface area contributed by atoms with Gasteiger partial charge in [0.25, 0.3) is 0 Å². The van der Waals surface area contributed by atoms with E-state index >= 15 is 0 Å². The first-order valence-electron chi connectivity index (χ1n) is 7.19. The number of piperidine rings is 1. The van der Waals surface area contributed by atoms with E-state index in [2.05, 4.69) is 17.2 Å². The van der Waals surface area contributed by atoms with Gasteiger partial charge in [-0.25, -0.2) is 4.98 Å². The first kappa shape index (κ1) is 14.1. The van der Waals surface area contributed by atoms with Crippen LogP contribution in [-0.2, 0) is 0 Å². The van der Waals surface area contributed by atoms with Crippen molar-refractivity contribution in [1.82, 2.24) is 10.3 Å². The smallest absolute Gasteiger partial charge is 0.213 e. The van der Waals surface area contributed by atoms with Crippen LogP contribution in [0.15, 0.2) is 18.3 Å². The molecule has 1 fully saturated rings. The predicted molar refractivity (Wildman–Crippen MR) is 75.7 cm³/mol. The van der Waals surface area contributed by atoms with Gasteiger partial charge in [0.2, 0.25) is 5.88 Å². The molecule has 1 N–H and O–H groups in total. The maximum Gasteiger partial charge on any atom is 0.213 e. The van der Waals surface area contributed by atoms with Crippen LogP contribution in [-0.4, -0.2) is 30.3 Å². The number of nitrogens with zero attached hydrogens (tertiary/aromatic N) is 1. The standard InChI is InChI=1S/C15H24N2O2/c1-4-12-9-16-8-7-14(12)19-15-6-5-13(10-17-15)18-11(2)3/h5-6,10-12,14,16H,4,7-9H2,1-3H3/t12-,14-/m0/s1. The maximum absolute atomic E-state index is 6.01. The highest BCUT2D eigenvalue weighted by Gasteiger charge is 2.25. The molecule has 0 aromatic carbocycles. The molecular formula is C15H24N2O2. The summed E-state index contributed by atoms with van der Waals surface area (Å²) < 4.78 is 11.6. The van der Waals surface area contributed by atoms with Crippen LogP contribution in [0.3, 0.4) is 0 Å². The summed E-state index contributed by atoms with van der Waals surface area (Å²) >= 11 is 0. The van der Waals surface area contributed by atoms with Gasteiger partial charge in [-0.2, -0.15) is 0 Å². The summed E-state index contributed by atoms with van der Waals surface area (Å²) in [6.07, 6.45) is 4.35. The Bertz CT molecular complexity index is 378. The molecule has 1 aromatic heterocycles. The summed E-state index contributed by atoms with van der Waals surface area (Å²) in [5, 5.41) is 3.41. The molecule has 0 radical (unpaired) electrons. The lowest BCUT2D eigenvalue weighted by molar-refractivity contribution is 0.0949. The molecule has 2 heterocycles. The Morgan fingerprint density at radius 1 is 1.42 bits per heavy atom. The van der Waals surface area contributed by atoms with Gasteiger partial charge in [0.1, 0.15) is 11.9 Å². The largest absolute Gasteiger partial charge is 0.489 e. The molecule has 0 amide bonds. The van der Waals surface area contributed by atoms with Crippen LogP contribution in [0.2, 0.25) is 0 Å². The first-order chi connectivity index (χ1) is 9.19. The number of ether oxygens (including phenoxy) is 2. The van der Waals surface area contributed by atoms with Crippen LogP contribution >= 0.6 is 0 Å². The Morgan fingerprint density at radius 2 is 2.26 bits per heavy atom. The van der Waals surface area contributed by atoms with Gasteiger partial charge >= 0.3 is 0 Å². The Balaban J connectivity index is 1.94. The second kappa shape index (κ2) is 6.75. The van der Waals surface area contributed by atoms with Crippen LogP contribution in [0, 0.1) is 5.92 Å². The molecule has 2 rings (SSSR count). The van der Waals surface area contributed by atoms with Crippen molar-refractivity contribution in [3.05, 3.63) is 18.3 Å². The summed E-state index contributed by atoms with van der Waals surface area (Å²) in [5.41, 5.74) is 0. The fourth-order valence-corrected chi connectivity index (χ4v) is 2.39. The van der Waals surface area contributed by atoms with Crippen LogP contribution in [0.1, 0.15) is 33.6 Å². The van der Waals surface area contributed by atoms with Gasteiger partial charge in [0.05, 0.1) is 12.3 Å². The van der Waals surface area contributed by atoms with Crippen molar-refractivity contribution in [2.45, 2.75) is 45.8 Å². The molecule has 4 nitrogen and oxygen atoms in total. The Hall–Kier alpha value is -1.29. The molecule has 0 spiro atoms. The van der Waals surface area contributed by atoms with Gasteiger partial charge in [-0.05, 0) is 39.3 Å². The molecule has 0 aliphatic carbocycles. The van der Waals surface area contributed by atoms with E-state index in [1.807, 2.05) is 26.0 Å². The van der Waals surface area contributed by atoms with Gasteiger partial charge in [-0.3, -0.25) is 0 Å². The van der Waals surface area contributed by atoms with Crippen LogP contribution in [0.5, 0.6) is 11.6 Å². The summed E-state index contributed by atoms with van der Waals surface area (Å²) in [5.74, 6) is 2.06. The van der Waals surface area contributed by atoms with Crippen molar-refractivity contribution in [2.24, 2.45) is 5.92 Å². The van der Waals surface area contributed by atoms with Gasteiger partial charge in [-0.15, -0.1) is 0 Å². The highest BCUT2D eigenvalue weighted by atomic mass is 16.5. The Labute approximate surface area is 115 Å². The molecule has 0 unspecified atom stereocenters. The van der Waals surface area contributed by atoms with Crippen LogP contribution in [0.25, 0.3) is 0 Å². The maximum atomic E-state index is 6.01. The molecule has 106 valence electrons. The van der Waals surface area contributed by atoms with Crippen molar-refractivity contribution < 1.29 is 9.47 Å². The first-order valence-corrected chi connectivity index (χ1v) is 7.19. The average Bonchev–Trinajstić information content (AvgIpc) is 2.41. The molecule has 0 saturated carbocycles. The van der Waals surface area contributed by atoms with Gasteiger partial charge in [-0.1, -0.05) is 6.92 Å². The second-order valence-corrected chi connectivity index (χ2v) is 5.32. The zero-order chi connectivity index (χ0) is 13.7. The monoisotopic (exact) mass is 264 g/mol. The normalized spacial score (nSPS) is 23.4. The van der Waals surface area contributed by atoms with E-state index in [9.17, 15) is 0 Å². The molecule has 4 heteroatoms. The highest BCUT2D eigenvalue weighted by Crippen LogP contribution is 2.22. The third-order valence-electron chi connectivity index (χ3n) is 3.42. The molecule has 19 heavy (non-hydrogen) atoms. The molecule has 1 aliphatic heterocycles. The van der Waals surface area contributed by atoms with E-state index < -0.39 is 0 Å². The van der Waals surface area contributed by atoms with E-state index in [4.69, 9.17) is 9.47 Å². The lowest BCUT2D eigenvalue weighted by Gasteiger charge is -2.31. The number of pyridine rings is 1. The van der Waals surface area contributed by atoms with Crippen molar-refractivity contribution >= 4 is 0 Å². The van der Waals surface area contributed by atoms with E-state index in [0.29, 0.717) is 11.8 Å². The van der Waals surface area contributed by atoms with E-state index in [1.54, 1.807) is 6.20 Å². The van der Waals surface area contributed by atoms with E-state index in [0.717, 1.165) is 31.7 Å². The van der Waals surface area contributed by atoms with Crippen LogP contribution < -0.4 is 14.8 Å². The fraction of sp³-hybridized carbons (Fsp3) is 0.667. The van der Waals surface area contributed by atoms with E-state index in [-0.39, 0.29) is 12.2 Å². The molecule has 0 bridgehead atoms. The average molecular weight is 264 g/mol. The summed E-state index contributed by atoms with van der Waals surface area (Å²) in [6.45, 7) is 8.28. The third-order valence-corrected chi connectivity index (χ3v) is 3.42. The Kier molecular flexibility index (Phi) is 5.02. The number of aromatic nitrogens is 1. The molecule has 2 atom stereocenters. The van der Waals surface area contributed by atoms with Crippen LogP contribution in [0.4, 0.5) is 0 Å². The molecular weight excluding hydrogens is 240 g/mol. The van der Waals surface area contributed by atoms with Gasteiger partial charge < -0.3 is 14.8 Å². The lowest BCUT2D eigenvalue weighted by atomic mass is 9.93. The third kappa shape index (κ3) is 4.10. The van der Waals surface area contributed by atoms with Gasteiger partial charge in [0, 0.05) is 18.5 Å². The molecule has 1 aromatic rings. The topological polar surface area (TPSA) is 43.4 Å². The minimum atomic E-state index is 0.169. The zero-order valence-corrected chi connectivity index (χ0v) is 12.1. The quantitative estimate of drug-likeness (QED) is 0.888. The number of hydrogen-bond acceptors (Lipinski definition) is 4. The van der Waals surface area contributed by atoms with Crippen molar-refractivity contribution in [3.63, 3.8) is 0 Å². The lowest BCUT2D eigenvalue weighted by Crippen LogP contribution is -2.42. The predicted octanol–water partition coefficient (Wildman–Crippen LogP) is 2.64. The number of hydrogen-bond donors (Lipinski definition) is 1. The van der Waals surface area contributed by atoms with Crippen molar-refractivity contribution in [2.75, 3.05) is 13.1 Å². The SMILES string of the molecule is CC[C@H]1CNCC[C@@H]1Oc1ccc(OC(C)C)cn1. The van der Waals surface area contributed by atoms with E-state index in [1.165, 1.54) is 0 Å². The summed E-state index contributed by atoms with van der Waals surface area (Å²) in [4.78, 5) is 4.33.